The average molecular weight is 188 g/mol. The second-order valence-corrected chi connectivity index (χ2v) is 3.33. The van der Waals surface area contributed by atoms with E-state index in [4.69, 9.17) is 4.74 Å². The molecular weight excluding hydrogens is 176 g/mol. The van der Waals surface area contributed by atoms with Crippen LogP contribution in [0.25, 0.3) is 0 Å². The van der Waals surface area contributed by atoms with Gasteiger partial charge in [-0.2, -0.15) is 0 Å². The van der Waals surface area contributed by atoms with Gasteiger partial charge in [-0.15, -0.1) is 6.58 Å². The van der Waals surface area contributed by atoms with E-state index in [0.717, 1.165) is 41.6 Å². The first-order valence-electron chi connectivity index (χ1n) is 4.70. The number of ether oxygens (including phenoxy) is 1. The van der Waals surface area contributed by atoms with E-state index in [0.29, 0.717) is 6.61 Å². The van der Waals surface area contributed by atoms with Crippen LogP contribution in [0.2, 0.25) is 0 Å². The Balaban J connectivity index is 2.52. The van der Waals surface area contributed by atoms with Crippen LogP contribution in [0.4, 0.5) is 0 Å². The van der Waals surface area contributed by atoms with E-state index in [1.165, 1.54) is 0 Å². The highest BCUT2D eigenvalue weighted by molar-refractivity contribution is 5.79. The third-order valence-electron chi connectivity index (χ3n) is 2.47. The predicted molar refractivity (Wildman–Crippen MR) is 54.9 cm³/mol. The van der Waals surface area contributed by atoms with Crippen molar-refractivity contribution >= 4 is 6.29 Å². The van der Waals surface area contributed by atoms with Gasteiger partial charge in [0.15, 0.2) is 0 Å². The number of allylic oxidation sites excluding steroid dienone is 1. The molecule has 1 heterocycles. The van der Waals surface area contributed by atoms with Crippen LogP contribution in [0.3, 0.4) is 0 Å². The Morgan fingerprint density at radius 1 is 1.50 bits per heavy atom. The van der Waals surface area contributed by atoms with E-state index < -0.39 is 0 Å². The molecule has 0 aromatic heterocycles. The first-order valence-corrected chi connectivity index (χ1v) is 4.70. The van der Waals surface area contributed by atoms with Crippen molar-refractivity contribution in [2.24, 2.45) is 0 Å². The number of benzene rings is 1. The summed E-state index contributed by atoms with van der Waals surface area (Å²) in [5.41, 5.74) is 2.93. The molecule has 1 aliphatic rings. The van der Waals surface area contributed by atoms with Crippen LogP contribution >= 0.6 is 0 Å². The first kappa shape index (κ1) is 9.00. The molecule has 0 fully saturated rings. The minimum absolute atomic E-state index is 0.685. The lowest BCUT2D eigenvalue weighted by molar-refractivity contribution is 0.112. The fourth-order valence-corrected chi connectivity index (χ4v) is 1.81. The predicted octanol–water partition coefficient (Wildman–Crippen LogP) is 2.16. The van der Waals surface area contributed by atoms with Crippen molar-refractivity contribution in [3.63, 3.8) is 0 Å². The van der Waals surface area contributed by atoms with Gasteiger partial charge in [-0.1, -0.05) is 18.2 Å². The van der Waals surface area contributed by atoms with Gasteiger partial charge in [0.2, 0.25) is 0 Å². The molecule has 0 aliphatic carbocycles. The van der Waals surface area contributed by atoms with Gasteiger partial charge in [0.05, 0.1) is 6.61 Å². The van der Waals surface area contributed by atoms with Crippen molar-refractivity contribution in [1.29, 1.82) is 0 Å². The summed E-state index contributed by atoms with van der Waals surface area (Å²) < 4.78 is 5.52. The van der Waals surface area contributed by atoms with Crippen molar-refractivity contribution in [3.8, 4) is 5.75 Å². The Kier molecular flexibility index (Phi) is 2.35. The minimum atomic E-state index is 0.685. The number of hydrogen-bond donors (Lipinski definition) is 0. The largest absolute Gasteiger partial charge is 0.493 e. The maximum Gasteiger partial charge on any atom is 0.150 e. The van der Waals surface area contributed by atoms with Gasteiger partial charge in [0.1, 0.15) is 12.0 Å². The van der Waals surface area contributed by atoms with Gasteiger partial charge in [-0.25, -0.2) is 0 Å². The lowest BCUT2D eigenvalue weighted by Crippen LogP contribution is -1.92. The van der Waals surface area contributed by atoms with Crippen LogP contribution in [-0.4, -0.2) is 12.9 Å². The molecule has 2 nitrogen and oxygen atoms in total. The quantitative estimate of drug-likeness (QED) is 0.536. The Labute approximate surface area is 83.2 Å². The van der Waals surface area contributed by atoms with Crippen molar-refractivity contribution in [1.82, 2.24) is 0 Å². The second-order valence-electron chi connectivity index (χ2n) is 3.33. The summed E-state index contributed by atoms with van der Waals surface area (Å²) in [5.74, 6) is 0.898. The lowest BCUT2D eigenvalue weighted by Gasteiger charge is -2.06. The SMILES string of the molecule is C=CCc1ccc(C=O)c2c1OCC2. The first-order chi connectivity index (χ1) is 6.86. The van der Waals surface area contributed by atoms with E-state index in [1.54, 1.807) is 0 Å². The molecule has 2 heteroatoms. The molecule has 1 aromatic rings. The normalized spacial score (nSPS) is 13.1. The summed E-state index contributed by atoms with van der Waals surface area (Å²) >= 11 is 0. The topological polar surface area (TPSA) is 26.3 Å². The summed E-state index contributed by atoms with van der Waals surface area (Å²) in [6.45, 7) is 4.38. The third kappa shape index (κ3) is 1.33. The van der Waals surface area contributed by atoms with Gasteiger partial charge in [-0.3, -0.25) is 4.79 Å². The molecule has 0 atom stereocenters. The Morgan fingerprint density at radius 2 is 2.36 bits per heavy atom. The zero-order chi connectivity index (χ0) is 9.97. The van der Waals surface area contributed by atoms with Crippen LogP contribution in [-0.2, 0) is 12.8 Å². The van der Waals surface area contributed by atoms with Crippen LogP contribution in [0.5, 0.6) is 5.75 Å². The standard InChI is InChI=1S/C12H12O2/c1-2-3-9-4-5-10(8-13)11-6-7-14-12(9)11/h2,4-5,8H,1,3,6-7H2. The van der Waals surface area contributed by atoms with E-state index in [9.17, 15) is 4.79 Å². The highest BCUT2D eigenvalue weighted by Crippen LogP contribution is 2.32. The van der Waals surface area contributed by atoms with Gasteiger partial charge >= 0.3 is 0 Å². The molecule has 0 saturated heterocycles. The van der Waals surface area contributed by atoms with Gasteiger partial charge < -0.3 is 4.74 Å². The van der Waals surface area contributed by atoms with Crippen LogP contribution in [0.15, 0.2) is 24.8 Å². The Hall–Kier alpha value is -1.57. The van der Waals surface area contributed by atoms with Gasteiger partial charge in [-0.05, 0) is 12.0 Å². The maximum absolute atomic E-state index is 10.8. The van der Waals surface area contributed by atoms with Crippen molar-refractivity contribution in [3.05, 3.63) is 41.5 Å². The lowest BCUT2D eigenvalue weighted by atomic mass is 10.0. The highest BCUT2D eigenvalue weighted by Gasteiger charge is 2.18. The molecule has 0 bridgehead atoms. The number of carbonyl (C=O) groups is 1. The van der Waals surface area contributed by atoms with Crippen molar-refractivity contribution in [2.45, 2.75) is 12.8 Å². The molecule has 2 rings (SSSR count). The Morgan fingerprint density at radius 3 is 3.07 bits per heavy atom. The van der Waals surface area contributed by atoms with Crippen molar-refractivity contribution in [2.75, 3.05) is 6.61 Å². The molecule has 0 N–H and O–H groups in total. The molecule has 1 aromatic carbocycles. The number of hydrogen-bond acceptors (Lipinski definition) is 2. The minimum Gasteiger partial charge on any atom is -0.493 e. The fraction of sp³-hybridized carbons (Fsp3) is 0.250. The van der Waals surface area contributed by atoms with Crippen LogP contribution in [0, 0.1) is 0 Å². The summed E-state index contributed by atoms with van der Waals surface area (Å²) in [6, 6.07) is 3.80. The molecule has 0 spiro atoms. The number of rotatable bonds is 3. The zero-order valence-electron chi connectivity index (χ0n) is 7.95. The van der Waals surface area contributed by atoms with Crippen molar-refractivity contribution < 1.29 is 9.53 Å². The van der Waals surface area contributed by atoms with Gasteiger partial charge in [0, 0.05) is 17.5 Å². The average Bonchev–Trinajstić information content (AvgIpc) is 2.67. The number of carbonyl (C=O) groups excluding carboxylic acids is 1. The van der Waals surface area contributed by atoms with E-state index in [-0.39, 0.29) is 0 Å². The summed E-state index contributed by atoms with van der Waals surface area (Å²) in [7, 11) is 0. The smallest absolute Gasteiger partial charge is 0.150 e. The number of fused-ring (bicyclic) bond motifs is 1. The second kappa shape index (κ2) is 3.66. The monoisotopic (exact) mass is 188 g/mol. The molecule has 1 aliphatic heterocycles. The fourth-order valence-electron chi connectivity index (χ4n) is 1.81. The number of aldehydes is 1. The molecule has 14 heavy (non-hydrogen) atoms. The van der Waals surface area contributed by atoms with Crippen LogP contribution in [0.1, 0.15) is 21.5 Å². The van der Waals surface area contributed by atoms with Gasteiger partial charge in [0.25, 0.3) is 0 Å². The summed E-state index contributed by atoms with van der Waals surface area (Å²) in [4.78, 5) is 10.8. The zero-order valence-corrected chi connectivity index (χ0v) is 7.95. The maximum atomic E-state index is 10.8. The molecule has 0 saturated carbocycles. The Bertz CT molecular complexity index is 380. The summed E-state index contributed by atoms with van der Waals surface area (Å²) in [5, 5.41) is 0. The molecule has 0 radical (unpaired) electrons. The molecular formula is C12H12O2. The van der Waals surface area contributed by atoms with Crippen LogP contribution < -0.4 is 4.74 Å². The third-order valence-corrected chi connectivity index (χ3v) is 2.47. The molecule has 72 valence electrons. The highest BCUT2D eigenvalue weighted by atomic mass is 16.5. The van der Waals surface area contributed by atoms with E-state index in [1.807, 2.05) is 18.2 Å². The van der Waals surface area contributed by atoms with E-state index in [2.05, 4.69) is 6.58 Å². The summed E-state index contributed by atoms with van der Waals surface area (Å²) in [6.07, 6.45) is 4.37. The van der Waals surface area contributed by atoms with E-state index >= 15 is 0 Å². The molecule has 0 unspecified atom stereocenters. The molecule has 0 amide bonds.